The highest BCUT2D eigenvalue weighted by atomic mass is 32.2. The van der Waals surface area contributed by atoms with Crippen LogP contribution in [0.5, 0.6) is 0 Å². The second-order valence-corrected chi connectivity index (χ2v) is 7.11. The van der Waals surface area contributed by atoms with E-state index >= 15 is 0 Å². The average molecular weight is 329 g/mol. The molecule has 0 heterocycles. The van der Waals surface area contributed by atoms with Crippen molar-refractivity contribution in [1.82, 2.24) is 4.31 Å². The minimum atomic E-state index is -3.60. The van der Waals surface area contributed by atoms with Crippen LogP contribution in [0.25, 0.3) is 0 Å². The topological polar surface area (TPSA) is 62.1 Å². The molecule has 0 unspecified atom stereocenters. The molecule has 2 rings (SSSR count). The summed E-state index contributed by atoms with van der Waals surface area (Å²) < 4.78 is 25.8. The van der Waals surface area contributed by atoms with Crippen molar-refractivity contribution in [1.29, 1.82) is 0 Å². The van der Waals surface area contributed by atoms with E-state index in [1.165, 1.54) is 13.4 Å². The zero-order valence-corrected chi connectivity index (χ0v) is 14.2. The summed E-state index contributed by atoms with van der Waals surface area (Å²) in [4.78, 5) is 0.223. The summed E-state index contributed by atoms with van der Waals surface area (Å²) in [6.45, 7) is 3.73. The SMILES string of the molecule is C/C(=N\N=C/N(C)S(=O)(=O)c1ccc(C)cc1)c1ccccc1. The average Bonchev–Trinajstić information content (AvgIpc) is 2.55. The van der Waals surface area contributed by atoms with Gasteiger partial charge in [0.1, 0.15) is 6.34 Å². The van der Waals surface area contributed by atoms with Gasteiger partial charge in [-0.15, -0.1) is 5.10 Å². The quantitative estimate of drug-likeness (QED) is 0.481. The van der Waals surface area contributed by atoms with Crippen LogP contribution in [0, 0.1) is 6.92 Å². The Kier molecular flexibility index (Phi) is 5.28. The molecule has 0 fully saturated rings. The van der Waals surface area contributed by atoms with Crippen LogP contribution in [0.3, 0.4) is 0 Å². The van der Waals surface area contributed by atoms with E-state index in [2.05, 4.69) is 10.2 Å². The Morgan fingerprint density at radius 3 is 2.26 bits per heavy atom. The van der Waals surface area contributed by atoms with E-state index in [0.717, 1.165) is 15.4 Å². The first-order chi connectivity index (χ1) is 10.9. The molecular weight excluding hydrogens is 310 g/mol. The highest BCUT2D eigenvalue weighted by Gasteiger charge is 2.17. The Labute approximate surface area is 137 Å². The fourth-order valence-corrected chi connectivity index (χ4v) is 2.84. The van der Waals surface area contributed by atoms with E-state index in [1.54, 1.807) is 24.3 Å². The van der Waals surface area contributed by atoms with Crippen LogP contribution in [0.4, 0.5) is 0 Å². The lowest BCUT2D eigenvalue weighted by Gasteiger charge is -2.13. The summed E-state index contributed by atoms with van der Waals surface area (Å²) in [5.74, 6) is 0. The van der Waals surface area contributed by atoms with Gasteiger partial charge in [0.2, 0.25) is 0 Å². The smallest absolute Gasteiger partial charge is 0.257 e. The van der Waals surface area contributed by atoms with Crippen LogP contribution in [0.2, 0.25) is 0 Å². The molecule has 0 saturated heterocycles. The lowest BCUT2D eigenvalue weighted by atomic mass is 10.1. The second kappa shape index (κ2) is 7.19. The number of benzene rings is 2. The van der Waals surface area contributed by atoms with Crippen LogP contribution in [0.15, 0.2) is 69.7 Å². The largest absolute Gasteiger partial charge is 0.264 e. The van der Waals surface area contributed by atoms with Gasteiger partial charge in [0.25, 0.3) is 10.0 Å². The zero-order chi connectivity index (χ0) is 16.9. The van der Waals surface area contributed by atoms with Gasteiger partial charge in [-0.1, -0.05) is 48.0 Å². The zero-order valence-electron chi connectivity index (χ0n) is 13.3. The maximum atomic E-state index is 12.4. The molecule has 2 aromatic carbocycles. The standard InChI is InChI=1S/C17H19N3O2S/c1-14-9-11-17(12-10-14)23(21,22)20(3)13-18-19-15(2)16-7-5-4-6-8-16/h4-13H,1-3H3/b18-13-,19-15+. The van der Waals surface area contributed by atoms with Gasteiger partial charge in [-0.3, -0.25) is 4.31 Å². The molecule has 0 spiro atoms. The predicted molar refractivity (Wildman–Crippen MR) is 93.3 cm³/mol. The molecule has 5 nitrogen and oxygen atoms in total. The van der Waals surface area contributed by atoms with E-state index < -0.39 is 10.0 Å². The van der Waals surface area contributed by atoms with E-state index in [1.807, 2.05) is 44.2 Å². The molecule has 0 aliphatic rings. The Bertz CT molecular complexity index is 811. The Morgan fingerprint density at radius 2 is 1.65 bits per heavy atom. The molecule has 0 atom stereocenters. The molecule has 0 saturated carbocycles. The van der Waals surface area contributed by atoms with Gasteiger partial charge in [0.05, 0.1) is 10.6 Å². The lowest BCUT2D eigenvalue weighted by Crippen LogP contribution is -2.25. The first kappa shape index (κ1) is 16.9. The van der Waals surface area contributed by atoms with Crippen molar-refractivity contribution in [2.45, 2.75) is 18.7 Å². The highest BCUT2D eigenvalue weighted by molar-refractivity contribution is 7.89. The third-order valence-electron chi connectivity index (χ3n) is 3.31. The van der Waals surface area contributed by atoms with E-state index in [9.17, 15) is 8.42 Å². The number of aryl methyl sites for hydroxylation is 1. The molecule has 0 aliphatic carbocycles. The maximum absolute atomic E-state index is 12.4. The number of hydrogen-bond donors (Lipinski definition) is 0. The van der Waals surface area contributed by atoms with Crippen LogP contribution >= 0.6 is 0 Å². The predicted octanol–water partition coefficient (Wildman–Crippen LogP) is 3.07. The van der Waals surface area contributed by atoms with E-state index in [0.29, 0.717) is 5.71 Å². The summed E-state index contributed by atoms with van der Waals surface area (Å²) in [6, 6.07) is 16.2. The van der Waals surface area contributed by atoms with E-state index in [-0.39, 0.29) is 4.90 Å². The molecule has 0 bridgehead atoms. The molecule has 0 radical (unpaired) electrons. The molecule has 0 aliphatic heterocycles. The third-order valence-corrected chi connectivity index (χ3v) is 5.03. The molecular formula is C17H19N3O2S. The summed E-state index contributed by atoms with van der Waals surface area (Å²) in [5.41, 5.74) is 2.65. The Morgan fingerprint density at radius 1 is 1.04 bits per heavy atom. The number of rotatable bonds is 5. The van der Waals surface area contributed by atoms with Gasteiger partial charge >= 0.3 is 0 Å². The van der Waals surface area contributed by atoms with Crippen LogP contribution in [-0.4, -0.2) is 31.8 Å². The van der Waals surface area contributed by atoms with Crippen LogP contribution < -0.4 is 0 Å². The van der Waals surface area contributed by atoms with Crippen molar-refractivity contribution < 1.29 is 8.42 Å². The Balaban J connectivity index is 2.14. The monoisotopic (exact) mass is 329 g/mol. The minimum absolute atomic E-state index is 0.223. The van der Waals surface area contributed by atoms with Crippen molar-refractivity contribution in [3.63, 3.8) is 0 Å². The molecule has 23 heavy (non-hydrogen) atoms. The number of nitrogens with zero attached hydrogens (tertiary/aromatic N) is 3. The van der Waals surface area contributed by atoms with Gasteiger partial charge in [-0.25, -0.2) is 8.42 Å². The van der Waals surface area contributed by atoms with Crippen LogP contribution in [-0.2, 0) is 10.0 Å². The van der Waals surface area contributed by atoms with Gasteiger partial charge in [0.15, 0.2) is 0 Å². The molecule has 0 N–H and O–H groups in total. The van der Waals surface area contributed by atoms with Crippen molar-refractivity contribution in [3.8, 4) is 0 Å². The first-order valence-electron chi connectivity index (χ1n) is 7.09. The van der Waals surface area contributed by atoms with Gasteiger partial charge in [-0.05, 0) is 31.5 Å². The summed E-state index contributed by atoms with van der Waals surface area (Å²) in [5, 5.41) is 7.90. The third kappa shape index (κ3) is 4.26. The van der Waals surface area contributed by atoms with Crippen LogP contribution in [0.1, 0.15) is 18.1 Å². The number of hydrogen-bond acceptors (Lipinski definition) is 4. The summed E-state index contributed by atoms with van der Waals surface area (Å²) in [7, 11) is -2.17. The van der Waals surface area contributed by atoms with Gasteiger partial charge in [0, 0.05) is 7.05 Å². The van der Waals surface area contributed by atoms with Gasteiger partial charge in [-0.2, -0.15) is 5.10 Å². The summed E-state index contributed by atoms with van der Waals surface area (Å²) >= 11 is 0. The molecule has 2 aromatic rings. The van der Waals surface area contributed by atoms with E-state index in [4.69, 9.17) is 0 Å². The molecule has 120 valence electrons. The fraction of sp³-hybridized carbons (Fsp3) is 0.176. The van der Waals surface area contributed by atoms with Crippen molar-refractivity contribution >= 4 is 22.1 Å². The molecule has 0 amide bonds. The second-order valence-electron chi connectivity index (χ2n) is 5.12. The first-order valence-corrected chi connectivity index (χ1v) is 8.53. The summed E-state index contributed by atoms with van der Waals surface area (Å²) in [6.07, 6.45) is 1.20. The highest BCUT2D eigenvalue weighted by Crippen LogP contribution is 2.13. The van der Waals surface area contributed by atoms with Crippen molar-refractivity contribution in [2.24, 2.45) is 10.2 Å². The molecule has 6 heteroatoms. The maximum Gasteiger partial charge on any atom is 0.264 e. The minimum Gasteiger partial charge on any atom is -0.257 e. The number of sulfonamides is 1. The Hall–Kier alpha value is -2.47. The van der Waals surface area contributed by atoms with Crippen molar-refractivity contribution in [3.05, 3.63) is 65.7 Å². The fourth-order valence-electron chi connectivity index (χ4n) is 1.86. The normalized spacial score (nSPS) is 12.6. The molecule has 0 aromatic heterocycles. The van der Waals surface area contributed by atoms with Crippen molar-refractivity contribution in [2.75, 3.05) is 7.05 Å². The lowest BCUT2D eigenvalue weighted by molar-refractivity contribution is 0.555. The van der Waals surface area contributed by atoms with Gasteiger partial charge < -0.3 is 0 Å².